The standard InChI is InChI=1S/C10H10F3NO/c11-10(12,13)7-2-1-3-8(9(7)14)15-6-4-5-6/h1-3,6H,4-5,14H2. The highest BCUT2D eigenvalue weighted by atomic mass is 19.4. The largest absolute Gasteiger partial charge is 0.488 e. The normalized spacial score (nSPS) is 16.5. The predicted octanol–water partition coefficient (Wildman–Crippen LogP) is 2.83. The number of hydrogen-bond donors (Lipinski definition) is 1. The summed E-state index contributed by atoms with van der Waals surface area (Å²) in [7, 11) is 0. The molecule has 1 saturated carbocycles. The second kappa shape index (κ2) is 3.32. The van der Waals surface area contributed by atoms with E-state index in [1.54, 1.807) is 0 Å². The first kappa shape index (κ1) is 10.1. The third kappa shape index (κ3) is 2.16. The molecule has 15 heavy (non-hydrogen) atoms. The Labute approximate surface area is 84.8 Å². The van der Waals surface area contributed by atoms with Gasteiger partial charge in [-0.3, -0.25) is 0 Å². The van der Waals surface area contributed by atoms with Crippen molar-refractivity contribution >= 4 is 5.69 Å². The first-order valence-electron chi connectivity index (χ1n) is 4.61. The molecule has 82 valence electrons. The number of alkyl halides is 3. The smallest absolute Gasteiger partial charge is 0.418 e. The molecule has 1 aromatic carbocycles. The Morgan fingerprint density at radius 1 is 1.27 bits per heavy atom. The molecule has 1 fully saturated rings. The van der Waals surface area contributed by atoms with Gasteiger partial charge in [-0.15, -0.1) is 0 Å². The van der Waals surface area contributed by atoms with Crippen LogP contribution >= 0.6 is 0 Å². The van der Waals surface area contributed by atoms with Crippen LogP contribution in [0.1, 0.15) is 18.4 Å². The number of ether oxygens (including phenoxy) is 1. The molecule has 0 aromatic heterocycles. The lowest BCUT2D eigenvalue weighted by Crippen LogP contribution is -2.10. The molecule has 1 aliphatic rings. The topological polar surface area (TPSA) is 35.2 Å². The number of hydrogen-bond acceptors (Lipinski definition) is 2. The van der Waals surface area contributed by atoms with Gasteiger partial charge in [0, 0.05) is 0 Å². The Balaban J connectivity index is 2.31. The Hall–Kier alpha value is -1.39. The average Bonchev–Trinajstić information content (AvgIpc) is 2.90. The summed E-state index contributed by atoms with van der Waals surface area (Å²) in [5.74, 6) is 0.132. The molecule has 0 spiro atoms. The lowest BCUT2D eigenvalue weighted by atomic mass is 10.1. The molecule has 2 rings (SSSR count). The van der Waals surface area contributed by atoms with Gasteiger partial charge in [-0.2, -0.15) is 13.2 Å². The predicted molar refractivity (Wildman–Crippen MR) is 49.5 cm³/mol. The van der Waals surface area contributed by atoms with E-state index in [1.807, 2.05) is 0 Å². The van der Waals surface area contributed by atoms with Gasteiger partial charge in [0.2, 0.25) is 0 Å². The Morgan fingerprint density at radius 2 is 1.93 bits per heavy atom. The van der Waals surface area contributed by atoms with Crippen LogP contribution < -0.4 is 10.5 Å². The molecule has 1 aliphatic carbocycles. The van der Waals surface area contributed by atoms with Crippen molar-refractivity contribution < 1.29 is 17.9 Å². The average molecular weight is 217 g/mol. The van der Waals surface area contributed by atoms with E-state index < -0.39 is 11.7 Å². The molecule has 0 saturated heterocycles. The molecule has 2 nitrogen and oxygen atoms in total. The zero-order valence-electron chi connectivity index (χ0n) is 7.84. The highest BCUT2D eigenvalue weighted by Gasteiger charge is 2.34. The summed E-state index contributed by atoms with van der Waals surface area (Å²) in [5.41, 5.74) is 4.25. The zero-order valence-corrected chi connectivity index (χ0v) is 7.84. The summed E-state index contributed by atoms with van der Waals surface area (Å²) >= 11 is 0. The van der Waals surface area contributed by atoms with Gasteiger partial charge < -0.3 is 10.5 Å². The van der Waals surface area contributed by atoms with Gasteiger partial charge in [0.1, 0.15) is 5.75 Å². The molecule has 0 radical (unpaired) electrons. The van der Waals surface area contributed by atoms with Crippen molar-refractivity contribution in [3.63, 3.8) is 0 Å². The van der Waals surface area contributed by atoms with E-state index in [9.17, 15) is 13.2 Å². The maximum absolute atomic E-state index is 12.4. The molecule has 1 aromatic rings. The van der Waals surface area contributed by atoms with E-state index in [-0.39, 0.29) is 17.5 Å². The zero-order chi connectivity index (χ0) is 11.1. The monoisotopic (exact) mass is 217 g/mol. The van der Waals surface area contributed by atoms with Gasteiger partial charge >= 0.3 is 6.18 Å². The second-order valence-electron chi connectivity index (χ2n) is 3.53. The van der Waals surface area contributed by atoms with E-state index in [4.69, 9.17) is 10.5 Å². The van der Waals surface area contributed by atoms with Gasteiger partial charge in [-0.05, 0) is 25.0 Å². The van der Waals surface area contributed by atoms with Crippen LogP contribution in [0.5, 0.6) is 5.75 Å². The molecular weight excluding hydrogens is 207 g/mol. The van der Waals surface area contributed by atoms with E-state index in [1.165, 1.54) is 12.1 Å². The molecule has 5 heteroatoms. The van der Waals surface area contributed by atoms with E-state index in [2.05, 4.69) is 0 Å². The Morgan fingerprint density at radius 3 is 2.47 bits per heavy atom. The number of benzene rings is 1. The molecule has 0 amide bonds. The summed E-state index contributed by atoms with van der Waals surface area (Å²) in [6, 6.07) is 3.72. The van der Waals surface area contributed by atoms with Crippen LogP contribution in [0.25, 0.3) is 0 Å². The van der Waals surface area contributed by atoms with Gasteiger partial charge in [-0.1, -0.05) is 6.07 Å². The third-order valence-electron chi connectivity index (χ3n) is 2.19. The van der Waals surface area contributed by atoms with E-state index in [0.717, 1.165) is 18.9 Å². The maximum Gasteiger partial charge on any atom is 0.418 e. The third-order valence-corrected chi connectivity index (χ3v) is 2.19. The molecule has 0 aliphatic heterocycles. The molecule has 0 atom stereocenters. The van der Waals surface area contributed by atoms with Gasteiger partial charge in [0.25, 0.3) is 0 Å². The number of anilines is 1. The van der Waals surface area contributed by atoms with Crippen LogP contribution in [0.3, 0.4) is 0 Å². The quantitative estimate of drug-likeness (QED) is 0.773. The Bertz CT molecular complexity index is 371. The first-order chi connectivity index (χ1) is 6.98. The van der Waals surface area contributed by atoms with Crippen LogP contribution in [0.4, 0.5) is 18.9 Å². The van der Waals surface area contributed by atoms with Crippen LogP contribution in [0, 0.1) is 0 Å². The van der Waals surface area contributed by atoms with Crippen molar-refractivity contribution in [2.75, 3.05) is 5.73 Å². The number of nitrogens with two attached hydrogens (primary N) is 1. The minimum atomic E-state index is -4.42. The van der Waals surface area contributed by atoms with Crippen LogP contribution in [0.2, 0.25) is 0 Å². The summed E-state index contributed by atoms with van der Waals surface area (Å²) in [6.07, 6.45) is -2.62. The SMILES string of the molecule is Nc1c(OC2CC2)cccc1C(F)(F)F. The van der Waals surface area contributed by atoms with Crippen molar-refractivity contribution in [2.24, 2.45) is 0 Å². The van der Waals surface area contributed by atoms with Crippen molar-refractivity contribution in [1.82, 2.24) is 0 Å². The summed E-state index contributed by atoms with van der Waals surface area (Å²) in [5, 5.41) is 0. The fraction of sp³-hybridized carbons (Fsp3) is 0.400. The fourth-order valence-electron chi connectivity index (χ4n) is 1.26. The molecular formula is C10H10F3NO. The van der Waals surface area contributed by atoms with Gasteiger partial charge in [0.05, 0.1) is 17.4 Å². The van der Waals surface area contributed by atoms with Crippen molar-refractivity contribution in [2.45, 2.75) is 25.1 Å². The molecule has 2 N–H and O–H groups in total. The maximum atomic E-state index is 12.4. The minimum Gasteiger partial charge on any atom is -0.488 e. The number of para-hydroxylation sites is 1. The van der Waals surface area contributed by atoms with Crippen LogP contribution in [0.15, 0.2) is 18.2 Å². The highest BCUT2D eigenvalue weighted by Crippen LogP contribution is 2.39. The molecule has 0 heterocycles. The highest BCUT2D eigenvalue weighted by molar-refractivity contribution is 5.59. The number of nitrogen functional groups attached to an aromatic ring is 1. The van der Waals surface area contributed by atoms with Crippen molar-refractivity contribution in [3.8, 4) is 5.75 Å². The Kier molecular flexibility index (Phi) is 2.25. The minimum absolute atomic E-state index is 0.0378. The number of halogens is 3. The van der Waals surface area contributed by atoms with Gasteiger partial charge in [-0.25, -0.2) is 0 Å². The van der Waals surface area contributed by atoms with Crippen LogP contribution in [-0.2, 0) is 6.18 Å². The van der Waals surface area contributed by atoms with E-state index in [0.29, 0.717) is 0 Å². The number of rotatable bonds is 2. The second-order valence-corrected chi connectivity index (χ2v) is 3.53. The summed E-state index contributed by atoms with van der Waals surface area (Å²) in [6.45, 7) is 0. The van der Waals surface area contributed by atoms with E-state index >= 15 is 0 Å². The summed E-state index contributed by atoms with van der Waals surface area (Å²) in [4.78, 5) is 0. The summed E-state index contributed by atoms with van der Waals surface area (Å²) < 4.78 is 42.6. The lowest BCUT2D eigenvalue weighted by Gasteiger charge is -2.13. The first-order valence-corrected chi connectivity index (χ1v) is 4.61. The van der Waals surface area contributed by atoms with Crippen molar-refractivity contribution in [3.05, 3.63) is 23.8 Å². The van der Waals surface area contributed by atoms with Gasteiger partial charge in [0.15, 0.2) is 0 Å². The fourth-order valence-corrected chi connectivity index (χ4v) is 1.26. The molecule has 0 bridgehead atoms. The molecule has 0 unspecified atom stereocenters. The van der Waals surface area contributed by atoms with Crippen molar-refractivity contribution in [1.29, 1.82) is 0 Å². The lowest BCUT2D eigenvalue weighted by molar-refractivity contribution is -0.137. The van der Waals surface area contributed by atoms with Crippen LogP contribution in [-0.4, -0.2) is 6.10 Å².